The van der Waals surface area contributed by atoms with E-state index in [1.165, 1.54) is 12.0 Å². The summed E-state index contributed by atoms with van der Waals surface area (Å²) in [6, 6.07) is 4.44. The summed E-state index contributed by atoms with van der Waals surface area (Å²) in [7, 11) is 0. The van der Waals surface area contributed by atoms with Gasteiger partial charge in [0.2, 0.25) is 0 Å². The minimum absolute atomic E-state index is 0.209. The molecule has 0 aromatic carbocycles. The van der Waals surface area contributed by atoms with Gasteiger partial charge in [-0.3, -0.25) is 0 Å². The molecule has 0 aliphatic carbocycles. The quantitative estimate of drug-likeness (QED) is 0.774. The van der Waals surface area contributed by atoms with E-state index < -0.39 is 0 Å². The summed E-state index contributed by atoms with van der Waals surface area (Å²) in [4.78, 5) is 4.45. The Kier molecular flexibility index (Phi) is 5.85. The third-order valence-corrected chi connectivity index (χ3v) is 3.84. The molecular weight excluding hydrogens is 216 g/mol. The number of thioether (sulfide) groups is 1. The molecule has 0 saturated heterocycles. The highest BCUT2D eigenvalue weighted by atomic mass is 32.2. The summed E-state index contributed by atoms with van der Waals surface area (Å²) in [5, 5.41) is 1.12. The zero-order chi connectivity index (χ0) is 12.0. The van der Waals surface area contributed by atoms with Crippen LogP contribution in [0.3, 0.4) is 0 Å². The number of rotatable bonds is 6. The van der Waals surface area contributed by atoms with Crippen LogP contribution in [0.25, 0.3) is 0 Å². The fourth-order valence-electron chi connectivity index (χ4n) is 1.33. The van der Waals surface area contributed by atoms with Crippen LogP contribution in [0.4, 0.5) is 0 Å². The number of nitrogens with two attached hydrogens (primary N) is 1. The van der Waals surface area contributed by atoms with Gasteiger partial charge in [0, 0.05) is 18.0 Å². The normalized spacial score (nSPS) is 14.8. The van der Waals surface area contributed by atoms with Crippen molar-refractivity contribution in [2.45, 2.75) is 44.7 Å². The SMILES string of the molecule is CCC(C)CSc1ccc(CC(C)N)cn1. The van der Waals surface area contributed by atoms with Crippen LogP contribution in [0.1, 0.15) is 32.8 Å². The van der Waals surface area contributed by atoms with Gasteiger partial charge in [-0.2, -0.15) is 0 Å². The van der Waals surface area contributed by atoms with Crippen LogP contribution in [-0.2, 0) is 6.42 Å². The van der Waals surface area contributed by atoms with Gasteiger partial charge in [-0.1, -0.05) is 26.3 Å². The van der Waals surface area contributed by atoms with Crippen molar-refractivity contribution in [2.24, 2.45) is 11.7 Å². The third-order valence-electron chi connectivity index (χ3n) is 2.57. The lowest BCUT2D eigenvalue weighted by atomic mass is 10.1. The lowest BCUT2D eigenvalue weighted by molar-refractivity contribution is 0.636. The monoisotopic (exact) mass is 238 g/mol. The molecule has 2 atom stereocenters. The van der Waals surface area contributed by atoms with E-state index in [2.05, 4.69) is 31.0 Å². The average molecular weight is 238 g/mol. The smallest absolute Gasteiger partial charge is 0.0960 e. The molecule has 1 heterocycles. The number of hydrogen-bond donors (Lipinski definition) is 1. The van der Waals surface area contributed by atoms with E-state index in [-0.39, 0.29) is 6.04 Å². The Morgan fingerprint density at radius 2 is 2.12 bits per heavy atom. The highest BCUT2D eigenvalue weighted by molar-refractivity contribution is 7.99. The highest BCUT2D eigenvalue weighted by Crippen LogP contribution is 2.20. The maximum absolute atomic E-state index is 5.75. The molecule has 0 aliphatic rings. The van der Waals surface area contributed by atoms with E-state index in [0.29, 0.717) is 0 Å². The van der Waals surface area contributed by atoms with Gasteiger partial charge in [-0.25, -0.2) is 4.98 Å². The second-order valence-corrected chi connectivity index (χ2v) is 5.55. The lowest BCUT2D eigenvalue weighted by Gasteiger charge is -2.08. The van der Waals surface area contributed by atoms with Gasteiger partial charge in [0.15, 0.2) is 0 Å². The Bertz CT molecular complexity index is 295. The highest BCUT2D eigenvalue weighted by Gasteiger charge is 2.02. The summed E-state index contributed by atoms with van der Waals surface area (Å²) in [6.07, 6.45) is 4.08. The number of nitrogens with zero attached hydrogens (tertiary/aromatic N) is 1. The fraction of sp³-hybridized carbons (Fsp3) is 0.615. The van der Waals surface area contributed by atoms with Gasteiger partial charge in [-0.05, 0) is 30.9 Å². The summed E-state index contributed by atoms with van der Waals surface area (Å²) >= 11 is 1.84. The van der Waals surface area contributed by atoms with Crippen molar-refractivity contribution >= 4 is 11.8 Å². The van der Waals surface area contributed by atoms with E-state index in [0.717, 1.165) is 23.1 Å². The topological polar surface area (TPSA) is 38.9 Å². The first-order valence-electron chi connectivity index (χ1n) is 5.95. The molecule has 0 amide bonds. The second kappa shape index (κ2) is 6.92. The van der Waals surface area contributed by atoms with Gasteiger partial charge in [0.05, 0.1) is 5.03 Å². The molecule has 3 heteroatoms. The lowest BCUT2D eigenvalue weighted by Crippen LogP contribution is -2.17. The Labute approximate surface area is 103 Å². The molecular formula is C13H22N2S. The van der Waals surface area contributed by atoms with Gasteiger partial charge >= 0.3 is 0 Å². The largest absolute Gasteiger partial charge is 0.328 e. The van der Waals surface area contributed by atoms with Crippen molar-refractivity contribution in [3.05, 3.63) is 23.9 Å². The van der Waals surface area contributed by atoms with Crippen LogP contribution < -0.4 is 5.73 Å². The summed E-state index contributed by atoms with van der Waals surface area (Å²) in [5.41, 5.74) is 6.97. The molecule has 0 bridgehead atoms. The van der Waals surface area contributed by atoms with Crippen LogP contribution in [0.15, 0.2) is 23.4 Å². The van der Waals surface area contributed by atoms with E-state index in [1.807, 2.05) is 24.9 Å². The molecule has 2 unspecified atom stereocenters. The summed E-state index contributed by atoms with van der Waals surface area (Å²) in [5.74, 6) is 1.91. The molecule has 1 aromatic rings. The molecule has 2 N–H and O–H groups in total. The van der Waals surface area contributed by atoms with Crippen molar-refractivity contribution in [3.63, 3.8) is 0 Å². The van der Waals surface area contributed by atoms with Crippen molar-refractivity contribution in [1.29, 1.82) is 0 Å². The minimum atomic E-state index is 0.209. The Hall–Kier alpha value is -0.540. The van der Waals surface area contributed by atoms with Crippen molar-refractivity contribution in [2.75, 3.05) is 5.75 Å². The van der Waals surface area contributed by atoms with Crippen LogP contribution in [0.5, 0.6) is 0 Å². The van der Waals surface area contributed by atoms with Crippen molar-refractivity contribution in [3.8, 4) is 0 Å². The molecule has 0 radical (unpaired) electrons. The summed E-state index contributed by atoms with van der Waals surface area (Å²) < 4.78 is 0. The van der Waals surface area contributed by atoms with Crippen molar-refractivity contribution in [1.82, 2.24) is 4.98 Å². The predicted molar refractivity (Wildman–Crippen MR) is 71.8 cm³/mol. The first-order valence-corrected chi connectivity index (χ1v) is 6.93. The molecule has 0 fully saturated rings. The zero-order valence-corrected chi connectivity index (χ0v) is 11.3. The zero-order valence-electron chi connectivity index (χ0n) is 10.4. The maximum Gasteiger partial charge on any atom is 0.0960 e. The molecule has 90 valence electrons. The first-order chi connectivity index (χ1) is 7.61. The number of aromatic nitrogens is 1. The molecule has 1 aromatic heterocycles. The molecule has 0 aliphatic heterocycles. The van der Waals surface area contributed by atoms with Crippen LogP contribution in [0.2, 0.25) is 0 Å². The molecule has 16 heavy (non-hydrogen) atoms. The van der Waals surface area contributed by atoms with Crippen molar-refractivity contribution < 1.29 is 0 Å². The predicted octanol–water partition coefficient (Wildman–Crippen LogP) is 3.11. The van der Waals surface area contributed by atoms with Crippen LogP contribution in [0, 0.1) is 5.92 Å². The van der Waals surface area contributed by atoms with E-state index in [9.17, 15) is 0 Å². The minimum Gasteiger partial charge on any atom is -0.328 e. The molecule has 2 nitrogen and oxygen atoms in total. The third kappa shape index (κ3) is 4.99. The van der Waals surface area contributed by atoms with Gasteiger partial charge in [0.1, 0.15) is 0 Å². The molecule has 0 saturated carbocycles. The fourth-order valence-corrected chi connectivity index (χ4v) is 2.32. The van der Waals surface area contributed by atoms with Crippen LogP contribution >= 0.6 is 11.8 Å². The van der Waals surface area contributed by atoms with Gasteiger partial charge in [-0.15, -0.1) is 11.8 Å². The van der Waals surface area contributed by atoms with Crippen LogP contribution in [-0.4, -0.2) is 16.8 Å². The Morgan fingerprint density at radius 3 is 2.62 bits per heavy atom. The van der Waals surface area contributed by atoms with Gasteiger partial charge < -0.3 is 5.73 Å². The first kappa shape index (κ1) is 13.5. The average Bonchev–Trinajstić information content (AvgIpc) is 2.27. The van der Waals surface area contributed by atoms with E-state index >= 15 is 0 Å². The van der Waals surface area contributed by atoms with E-state index in [4.69, 9.17) is 5.73 Å². The van der Waals surface area contributed by atoms with E-state index in [1.54, 1.807) is 0 Å². The van der Waals surface area contributed by atoms with Gasteiger partial charge in [0.25, 0.3) is 0 Å². The second-order valence-electron chi connectivity index (χ2n) is 4.51. The molecule has 1 rings (SSSR count). The number of hydrogen-bond acceptors (Lipinski definition) is 3. The molecule has 0 spiro atoms. The maximum atomic E-state index is 5.75. The standard InChI is InChI=1S/C13H22N2S/c1-4-10(2)9-16-13-6-5-12(8-15-13)7-11(3)14/h5-6,8,10-11H,4,7,9,14H2,1-3H3. The Balaban J connectivity index is 2.45. The summed E-state index contributed by atoms with van der Waals surface area (Å²) in [6.45, 7) is 6.52. The number of pyridine rings is 1. The Morgan fingerprint density at radius 1 is 1.38 bits per heavy atom.